The number of carbonyl (C=O) groups excluding carboxylic acids is 2. The Morgan fingerprint density at radius 3 is 2.60 bits per heavy atom. The number of hydrogen-bond donors (Lipinski definition) is 2. The Morgan fingerprint density at radius 1 is 1.11 bits per heavy atom. The molecule has 2 N–H and O–H groups in total. The summed E-state index contributed by atoms with van der Waals surface area (Å²) in [4.78, 5) is 24.5. The van der Waals surface area contributed by atoms with Crippen LogP contribution in [0.25, 0.3) is 6.08 Å². The van der Waals surface area contributed by atoms with Gasteiger partial charge in [0, 0.05) is 23.8 Å². The standard InChI is InChI=1S/C24H26ClN5O4S/c1-15-5-8-17(12-18(15)25)27-23(32)14-35-24-29-28-21(30(24)2)13-26-22(31)10-7-16-6-9-19(33-3)20(11-16)34-4/h5-12H,13-14H2,1-4H3,(H,26,31)(H,27,32). The lowest BCUT2D eigenvalue weighted by atomic mass is 10.2. The van der Waals surface area contributed by atoms with E-state index in [0.29, 0.717) is 33.2 Å². The van der Waals surface area contributed by atoms with Gasteiger partial charge in [0.25, 0.3) is 0 Å². The molecule has 0 saturated carbocycles. The second kappa shape index (κ2) is 12.3. The van der Waals surface area contributed by atoms with Crippen LogP contribution in [0.5, 0.6) is 11.5 Å². The van der Waals surface area contributed by atoms with Crippen LogP contribution < -0.4 is 20.1 Å². The van der Waals surface area contributed by atoms with Crippen molar-refractivity contribution in [1.82, 2.24) is 20.1 Å². The molecule has 0 aliphatic rings. The molecule has 1 heterocycles. The summed E-state index contributed by atoms with van der Waals surface area (Å²) in [5.41, 5.74) is 2.37. The molecular weight excluding hydrogens is 490 g/mol. The number of nitrogens with zero attached hydrogens (tertiary/aromatic N) is 3. The Morgan fingerprint density at radius 2 is 1.89 bits per heavy atom. The number of methoxy groups -OCH3 is 2. The molecule has 0 unspecified atom stereocenters. The molecule has 0 spiro atoms. The van der Waals surface area contributed by atoms with Crippen molar-refractivity contribution in [3.63, 3.8) is 0 Å². The minimum absolute atomic E-state index is 0.151. The van der Waals surface area contributed by atoms with Gasteiger partial charge in [-0.25, -0.2) is 0 Å². The van der Waals surface area contributed by atoms with E-state index in [1.807, 2.05) is 19.1 Å². The first kappa shape index (κ1) is 26.1. The second-order valence-electron chi connectivity index (χ2n) is 7.42. The smallest absolute Gasteiger partial charge is 0.244 e. The fraction of sp³-hybridized carbons (Fsp3) is 0.250. The minimum Gasteiger partial charge on any atom is -0.493 e. The summed E-state index contributed by atoms with van der Waals surface area (Å²) in [6.07, 6.45) is 3.10. The van der Waals surface area contributed by atoms with Gasteiger partial charge in [0.1, 0.15) is 0 Å². The predicted molar refractivity (Wildman–Crippen MR) is 137 cm³/mol. The van der Waals surface area contributed by atoms with Crippen molar-refractivity contribution in [2.45, 2.75) is 18.6 Å². The van der Waals surface area contributed by atoms with E-state index in [-0.39, 0.29) is 24.1 Å². The maximum atomic E-state index is 12.3. The van der Waals surface area contributed by atoms with Gasteiger partial charge < -0.3 is 24.7 Å². The van der Waals surface area contributed by atoms with Crippen molar-refractivity contribution >= 4 is 46.9 Å². The first-order valence-corrected chi connectivity index (χ1v) is 11.9. The van der Waals surface area contributed by atoms with E-state index in [1.165, 1.54) is 17.8 Å². The van der Waals surface area contributed by atoms with Crippen LogP contribution in [-0.2, 0) is 23.2 Å². The van der Waals surface area contributed by atoms with Crippen molar-refractivity contribution in [3.8, 4) is 11.5 Å². The lowest BCUT2D eigenvalue weighted by Crippen LogP contribution is -2.22. The van der Waals surface area contributed by atoms with Crippen LogP contribution in [-0.4, -0.2) is 46.6 Å². The van der Waals surface area contributed by atoms with Crippen LogP contribution in [0.1, 0.15) is 17.0 Å². The lowest BCUT2D eigenvalue weighted by Gasteiger charge is -2.08. The number of ether oxygens (including phenoxy) is 2. The lowest BCUT2D eigenvalue weighted by molar-refractivity contribution is -0.116. The summed E-state index contributed by atoms with van der Waals surface area (Å²) in [7, 11) is 4.90. The number of aromatic nitrogens is 3. The third-order valence-electron chi connectivity index (χ3n) is 4.97. The van der Waals surface area contributed by atoms with E-state index in [2.05, 4.69) is 20.8 Å². The highest BCUT2D eigenvalue weighted by Gasteiger charge is 2.12. The maximum Gasteiger partial charge on any atom is 0.244 e. The molecule has 184 valence electrons. The van der Waals surface area contributed by atoms with Gasteiger partial charge in [-0.3, -0.25) is 9.59 Å². The molecule has 3 rings (SSSR count). The Kier molecular flexibility index (Phi) is 9.16. The predicted octanol–water partition coefficient (Wildman–Crippen LogP) is 3.85. The van der Waals surface area contributed by atoms with Gasteiger partial charge >= 0.3 is 0 Å². The number of anilines is 1. The Bertz CT molecular complexity index is 1240. The number of carbonyl (C=O) groups is 2. The molecule has 2 amide bonds. The van der Waals surface area contributed by atoms with Crippen molar-refractivity contribution in [2.75, 3.05) is 25.3 Å². The summed E-state index contributed by atoms with van der Waals surface area (Å²) in [6, 6.07) is 10.7. The van der Waals surface area contributed by atoms with E-state index in [1.54, 1.807) is 56.2 Å². The van der Waals surface area contributed by atoms with Gasteiger partial charge in [0.2, 0.25) is 11.8 Å². The number of amides is 2. The van der Waals surface area contributed by atoms with Gasteiger partial charge in [0.05, 0.1) is 26.5 Å². The summed E-state index contributed by atoms with van der Waals surface area (Å²) in [6.45, 7) is 2.08. The third-order valence-corrected chi connectivity index (χ3v) is 6.40. The molecule has 3 aromatic rings. The number of nitrogens with one attached hydrogen (secondary N) is 2. The molecule has 0 aliphatic heterocycles. The van der Waals surface area contributed by atoms with Gasteiger partial charge in [-0.2, -0.15) is 0 Å². The van der Waals surface area contributed by atoms with Gasteiger partial charge in [-0.05, 0) is 48.4 Å². The highest BCUT2D eigenvalue weighted by molar-refractivity contribution is 7.99. The van der Waals surface area contributed by atoms with Gasteiger partial charge in [0.15, 0.2) is 22.5 Å². The molecule has 1 aromatic heterocycles. The maximum absolute atomic E-state index is 12.3. The molecule has 0 fully saturated rings. The zero-order valence-corrected chi connectivity index (χ0v) is 21.4. The summed E-state index contributed by atoms with van der Waals surface area (Å²) >= 11 is 7.34. The van der Waals surface area contributed by atoms with Crippen LogP contribution in [0.2, 0.25) is 5.02 Å². The SMILES string of the molecule is COc1ccc(C=CC(=O)NCc2nnc(SCC(=O)Nc3ccc(C)c(Cl)c3)n2C)cc1OC. The number of benzene rings is 2. The monoisotopic (exact) mass is 515 g/mol. The Labute approximate surface area is 212 Å². The molecule has 0 radical (unpaired) electrons. The summed E-state index contributed by atoms with van der Waals surface area (Å²) < 4.78 is 12.2. The fourth-order valence-corrected chi connectivity index (χ4v) is 3.89. The summed E-state index contributed by atoms with van der Waals surface area (Å²) in [5.74, 6) is 1.43. The quantitative estimate of drug-likeness (QED) is 0.312. The highest BCUT2D eigenvalue weighted by Crippen LogP contribution is 2.28. The van der Waals surface area contributed by atoms with E-state index >= 15 is 0 Å². The summed E-state index contributed by atoms with van der Waals surface area (Å²) in [5, 5.41) is 14.9. The number of aryl methyl sites for hydroxylation is 1. The number of thioether (sulfide) groups is 1. The van der Waals surface area contributed by atoms with E-state index < -0.39 is 0 Å². The Hall–Kier alpha value is -3.50. The molecule has 0 aliphatic carbocycles. The molecule has 0 bridgehead atoms. The zero-order valence-electron chi connectivity index (χ0n) is 19.8. The Balaban J connectivity index is 1.49. The number of hydrogen-bond acceptors (Lipinski definition) is 7. The molecular formula is C24H26ClN5O4S. The van der Waals surface area contributed by atoms with Crippen LogP contribution in [0.3, 0.4) is 0 Å². The van der Waals surface area contributed by atoms with Crippen molar-refractivity contribution in [3.05, 3.63) is 64.4 Å². The normalized spacial score (nSPS) is 10.9. The van der Waals surface area contributed by atoms with E-state index in [9.17, 15) is 9.59 Å². The van der Waals surface area contributed by atoms with E-state index in [4.69, 9.17) is 21.1 Å². The van der Waals surface area contributed by atoms with Gasteiger partial charge in [-0.15, -0.1) is 10.2 Å². The highest BCUT2D eigenvalue weighted by atomic mass is 35.5. The molecule has 0 saturated heterocycles. The first-order chi connectivity index (χ1) is 16.8. The largest absolute Gasteiger partial charge is 0.493 e. The molecule has 0 atom stereocenters. The van der Waals surface area contributed by atoms with Crippen LogP contribution in [0, 0.1) is 6.92 Å². The van der Waals surface area contributed by atoms with Crippen molar-refractivity contribution < 1.29 is 19.1 Å². The average molecular weight is 516 g/mol. The zero-order chi connectivity index (χ0) is 25.4. The molecule has 9 nitrogen and oxygen atoms in total. The third kappa shape index (κ3) is 7.24. The second-order valence-corrected chi connectivity index (χ2v) is 8.77. The fourth-order valence-electron chi connectivity index (χ4n) is 2.98. The number of rotatable bonds is 10. The van der Waals surface area contributed by atoms with Crippen LogP contribution in [0.4, 0.5) is 5.69 Å². The molecule has 35 heavy (non-hydrogen) atoms. The number of halogens is 1. The minimum atomic E-state index is -0.284. The van der Waals surface area contributed by atoms with Crippen molar-refractivity contribution in [2.24, 2.45) is 7.05 Å². The molecule has 2 aromatic carbocycles. The van der Waals surface area contributed by atoms with Crippen molar-refractivity contribution in [1.29, 1.82) is 0 Å². The van der Waals surface area contributed by atoms with Gasteiger partial charge in [-0.1, -0.05) is 35.5 Å². The average Bonchev–Trinajstić information content (AvgIpc) is 3.21. The van der Waals surface area contributed by atoms with Crippen LogP contribution in [0.15, 0.2) is 47.6 Å². The van der Waals surface area contributed by atoms with E-state index in [0.717, 1.165) is 11.1 Å². The molecule has 11 heteroatoms. The van der Waals surface area contributed by atoms with Crippen LogP contribution >= 0.6 is 23.4 Å². The first-order valence-electron chi connectivity index (χ1n) is 10.6. The topological polar surface area (TPSA) is 107 Å².